The third-order valence-electron chi connectivity index (χ3n) is 3.85. The molecule has 2 heterocycles. The molecule has 0 saturated carbocycles. The Bertz CT molecular complexity index is 414. The van der Waals surface area contributed by atoms with Crippen LogP contribution in [0.15, 0.2) is 18.2 Å². The Labute approximate surface area is 98.0 Å². The van der Waals surface area contributed by atoms with Gasteiger partial charge >= 0.3 is 0 Å². The lowest BCUT2D eigenvalue weighted by atomic mass is 9.83. The van der Waals surface area contributed by atoms with E-state index in [9.17, 15) is 13.2 Å². The summed E-state index contributed by atoms with van der Waals surface area (Å²) in [5.41, 5.74) is -1.44. The predicted octanol–water partition coefficient (Wildman–Crippen LogP) is 3.04. The fourth-order valence-electron chi connectivity index (χ4n) is 3.14. The third-order valence-corrected chi connectivity index (χ3v) is 3.85. The average molecular weight is 241 g/mol. The lowest BCUT2D eigenvalue weighted by molar-refractivity contribution is 0.0866. The van der Waals surface area contributed by atoms with E-state index < -0.39 is 17.3 Å². The van der Waals surface area contributed by atoms with E-state index in [2.05, 4.69) is 5.32 Å². The number of alkyl halides is 1. The van der Waals surface area contributed by atoms with Gasteiger partial charge in [0.1, 0.15) is 17.3 Å². The van der Waals surface area contributed by atoms with Crippen LogP contribution in [0.5, 0.6) is 0 Å². The zero-order valence-electron chi connectivity index (χ0n) is 9.35. The number of fused-ring (bicyclic) bond motifs is 2. The normalized spacial score (nSPS) is 36.2. The Morgan fingerprint density at radius 2 is 1.53 bits per heavy atom. The van der Waals surface area contributed by atoms with E-state index in [1.54, 1.807) is 0 Å². The second kappa shape index (κ2) is 3.73. The molecule has 2 bridgehead atoms. The molecule has 0 radical (unpaired) electrons. The van der Waals surface area contributed by atoms with Gasteiger partial charge in [-0.1, -0.05) is 0 Å². The minimum Gasteiger partial charge on any atom is -0.311 e. The van der Waals surface area contributed by atoms with E-state index in [1.807, 2.05) is 0 Å². The minimum atomic E-state index is -1.58. The molecule has 2 saturated heterocycles. The molecule has 1 aromatic rings. The maximum Gasteiger partial charge on any atom is 0.139 e. The SMILES string of the molecule is Fc1cc(F)cc(C2(F)CC3CCC(C2)N3)c1. The largest absolute Gasteiger partial charge is 0.311 e. The van der Waals surface area contributed by atoms with Gasteiger partial charge in [-0.25, -0.2) is 13.2 Å². The summed E-state index contributed by atoms with van der Waals surface area (Å²) < 4.78 is 41.1. The van der Waals surface area contributed by atoms with Crippen LogP contribution in [0, 0.1) is 11.6 Å². The topological polar surface area (TPSA) is 12.0 Å². The molecular weight excluding hydrogens is 227 g/mol. The fourth-order valence-corrected chi connectivity index (χ4v) is 3.14. The smallest absolute Gasteiger partial charge is 0.139 e. The third kappa shape index (κ3) is 1.95. The molecule has 0 spiro atoms. The summed E-state index contributed by atoms with van der Waals surface area (Å²) in [5, 5.41) is 3.32. The first-order chi connectivity index (χ1) is 8.05. The highest BCUT2D eigenvalue weighted by Gasteiger charge is 2.45. The summed E-state index contributed by atoms with van der Waals surface area (Å²) in [7, 11) is 0. The number of halogens is 3. The van der Waals surface area contributed by atoms with Crippen molar-refractivity contribution < 1.29 is 13.2 Å². The summed E-state index contributed by atoms with van der Waals surface area (Å²) in [6.45, 7) is 0. The van der Waals surface area contributed by atoms with Gasteiger partial charge in [0.05, 0.1) is 0 Å². The molecule has 0 aliphatic carbocycles. The van der Waals surface area contributed by atoms with Crippen LogP contribution in [0.1, 0.15) is 31.2 Å². The van der Waals surface area contributed by atoms with Crippen LogP contribution in [0.25, 0.3) is 0 Å². The molecule has 1 nitrogen and oxygen atoms in total. The monoisotopic (exact) mass is 241 g/mol. The Morgan fingerprint density at radius 1 is 1.00 bits per heavy atom. The zero-order valence-corrected chi connectivity index (χ0v) is 9.35. The molecule has 2 fully saturated rings. The van der Waals surface area contributed by atoms with E-state index >= 15 is 0 Å². The minimum absolute atomic E-state index is 0.144. The van der Waals surface area contributed by atoms with E-state index in [-0.39, 0.29) is 17.6 Å². The summed E-state index contributed by atoms with van der Waals surface area (Å²) in [6.07, 6.45) is 2.53. The summed E-state index contributed by atoms with van der Waals surface area (Å²) in [5.74, 6) is -1.41. The van der Waals surface area contributed by atoms with Crippen molar-refractivity contribution in [3.8, 4) is 0 Å². The van der Waals surface area contributed by atoms with Crippen molar-refractivity contribution >= 4 is 0 Å². The molecule has 1 aromatic carbocycles. The van der Waals surface area contributed by atoms with Gasteiger partial charge in [0.25, 0.3) is 0 Å². The van der Waals surface area contributed by atoms with Gasteiger partial charge in [0.15, 0.2) is 0 Å². The van der Waals surface area contributed by atoms with Gasteiger partial charge in [0, 0.05) is 31.0 Å². The zero-order chi connectivity index (χ0) is 12.0. The molecule has 92 valence electrons. The Morgan fingerprint density at radius 3 is 2.06 bits per heavy atom. The molecule has 3 rings (SSSR count). The van der Waals surface area contributed by atoms with Gasteiger partial charge < -0.3 is 5.32 Å². The van der Waals surface area contributed by atoms with Crippen molar-refractivity contribution in [3.05, 3.63) is 35.4 Å². The molecule has 1 N–H and O–H groups in total. The molecule has 2 aliphatic heterocycles. The summed E-state index contributed by atoms with van der Waals surface area (Å²) in [6, 6.07) is 3.31. The van der Waals surface area contributed by atoms with Crippen molar-refractivity contribution in [2.75, 3.05) is 0 Å². The lowest BCUT2D eigenvalue weighted by Gasteiger charge is -2.35. The fraction of sp³-hybridized carbons (Fsp3) is 0.538. The predicted molar refractivity (Wildman–Crippen MR) is 58.3 cm³/mol. The number of rotatable bonds is 1. The molecular formula is C13H14F3N. The highest BCUT2D eigenvalue weighted by molar-refractivity contribution is 5.26. The van der Waals surface area contributed by atoms with Crippen LogP contribution < -0.4 is 5.32 Å². The maximum absolute atomic E-state index is 14.8. The van der Waals surface area contributed by atoms with Gasteiger partial charge in [0.2, 0.25) is 0 Å². The Hall–Kier alpha value is -1.03. The standard InChI is InChI=1S/C13H14F3N/c14-9-3-8(4-10(15)5-9)13(16)6-11-1-2-12(7-13)17-11/h3-5,11-12,17H,1-2,6-7H2. The van der Waals surface area contributed by atoms with E-state index in [0.717, 1.165) is 31.0 Å². The molecule has 0 amide bonds. The summed E-state index contributed by atoms with van der Waals surface area (Å²) >= 11 is 0. The van der Waals surface area contributed by atoms with Crippen LogP contribution in [0.3, 0.4) is 0 Å². The number of piperidine rings is 1. The number of hydrogen-bond donors (Lipinski definition) is 1. The molecule has 0 aromatic heterocycles. The van der Waals surface area contributed by atoms with Crippen molar-refractivity contribution in [2.24, 2.45) is 0 Å². The lowest BCUT2D eigenvalue weighted by Crippen LogP contribution is -2.44. The van der Waals surface area contributed by atoms with Crippen LogP contribution in [-0.4, -0.2) is 12.1 Å². The van der Waals surface area contributed by atoms with Crippen LogP contribution in [0.4, 0.5) is 13.2 Å². The van der Waals surface area contributed by atoms with E-state index in [1.165, 1.54) is 0 Å². The van der Waals surface area contributed by atoms with Crippen molar-refractivity contribution in [3.63, 3.8) is 0 Å². The maximum atomic E-state index is 14.8. The van der Waals surface area contributed by atoms with Gasteiger partial charge in [-0.05, 0) is 30.5 Å². The first-order valence-electron chi connectivity index (χ1n) is 5.97. The molecule has 2 atom stereocenters. The van der Waals surface area contributed by atoms with Gasteiger partial charge in [-0.15, -0.1) is 0 Å². The first-order valence-corrected chi connectivity index (χ1v) is 5.97. The number of nitrogens with one attached hydrogen (secondary N) is 1. The first kappa shape index (κ1) is 11.1. The highest BCUT2D eigenvalue weighted by Crippen LogP contribution is 2.44. The van der Waals surface area contributed by atoms with Gasteiger partial charge in [-0.3, -0.25) is 0 Å². The molecule has 2 unspecified atom stereocenters. The highest BCUT2D eigenvalue weighted by atomic mass is 19.1. The van der Waals surface area contributed by atoms with Gasteiger partial charge in [-0.2, -0.15) is 0 Å². The van der Waals surface area contributed by atoms with E-state index in [4.69, 9.17) is 0 Å². The van der Waals surface area contributed by atoms with Crippen molar-refractivity contribution in [2.45, 2.75) is 43.4 Å². The van der Waals surface area contributed by atoms with Crippen LogP contribution in [0.2, 0.25) is 0 Å². The van der Waals surface area contributed by atoms with Crippen molar-refractivity contribution in [1.29, 1.82) is 0 Å². The summed E-state index contributed by atoms with van der Waals surface area (Å²) in [4.78, 5) is 0. The number of hydrogen-bond acceptors (Lipinski definition) is 1. The molecule has 17 heavy (non-hydrogen) atoms. The van der Waals surface area contributed by atoms with Crippen LogP contribution >= 0.6 is 0 Å². The Kier molecular flexibility index (Phi) is 2.43. The quantitative estimate of drug-likeness (QED) is 0.796. The second-order valence-corrected chi connectivity index (χ2v) is 5.17. The Balaban J connectivity index is 1.96. The van der Waals surface area contributed by atoms with Crippen LogP contribution in [-0.2, 0) is 5.67 Å². The molecule has 4 heteroatoms. The second-order valence-electron chi connectivity index (χ2n) is 5.17. The van der Waals surface area contributed by atoms with Crippen molar-refractivity contribution in [1.82, 2.24) is 5.32 Å². The molecule has 2 aliphatic rings. The number of benzene rings is 1. The average Bonchev–Trinajstić information content (AvgIpc) is 2.57. The van der Waals surface area contributed by atoms with E-state index in [0.29, 0.717) is 12.8 Å².